The van der Waals surface area contributed by atoms with Gasteiger partial charge in [0, 0.05) is 6.07 Å². The van der Waals surface area contributed by atoms with E-state index in [0.29, 0.717) is 29.0 Å². The highest BCUT2D eigenvalue weighted by Gasteiger charge is 2.12. The lowest BCUT2D eigenvalue weighted by Crippen LogP contribution is -2.28. The molecule has 1 amide bonds. The first-order chi connectivity index (χ1) is 11.5. The van der Waals surface area contributed by atoms with Crippen LogP contribution >= 0.6 is 0 Å². The maximum absolute atomic E-state index is 11.9. The molecule has 0 bridgehead atoms. The summed E-state index contributed by atoms with van der Waals surface area (Å²) in [4.78, 5) is 23.4. The molecule has 0 saturated heterocycles. The van der Waals surface area contributed by atoms with Crippen molar-refractivity contribution in [3.8, 4) is 5.75 Å². The van der Waals surface area contributed by atoms with Gasteiger partial charge in [0.25, 0.3) is 5.91 Å². The predicted molar refractivity (Wildman–Crippen MR) is 88.0 cm³/mol. The second kappa shape index (κ2) is 6.62. The minimum atomic E-state index is -0.409. The van der Waals surface area contributed by atoms with Gasteiger partial charge in [-0.25, -0.2) is 4.79 Å². The van der Waals surface area contributed by atoms with E-state index in [0.717, 1.165) is 11.1 Å². The summed E-state index contributed by atoms with van der Waals surface area (Å²) in [5.41, 5.74) is 1.66. The number of nitrogens with one attached hydrogen (secondary N) is 1. The van der Waals surface area contributed by atoms with Gasteiger partial charge in [-0.15, -0.1) is 0 Å². The van der Waals surface area contributed by atoms with Crippen LogP contribution < -0.4 is 15.7 Å². The van der Waals surface area contributed by atoms with Crippen LogP contribution in [0.25, 0.3) is 11.0 Å². The third kappa shape index (κ3) is 3.48. The fraction of sp³-hybridized carbons (Fsp3) is 0.222. The van der Waals surface area contributed by atoms with Gasteiger partial charge in [-0.05, 0) is 49.2 Å². The molecular weight excluding hydrogens is 310 g/mol. The van der Waals surface area contributed by atoms with Gasteiger partial charge in [-0.1, -0.05) is 0 Å². The van der Waals surface area contributed by atoms with Crippen LogP contribution in [0.2, 0.25) is 0 Å². The summed E-state index contributed by atoms with van der Waals surface area (Å²) >= 11 is 0. The van der Waals surface area contributed by atoms with Gasteiger partial charge in [0.15, 0.2) is 6.61 Å². The molecule has 0 aliphatic rings. The summed E-state index contributed by atoms with van der Waals surface area (Å²) in [7, 11) is 0. The largest absolute Gasteiger partial charge is 0.483 e. The fourth-order valence-electron chi connectivity index (χ4n) is 2.48. The van der Waals surface area contributed by atoms with E-state index in [-0.39, 0.29) is 12.5 Å². The van der Waals surface area contributed by atoms with Crippen LogP contribution in [0.4, 0.5) is 0 Å². The molecule has 3 rings (SSSR count). The monoisotopic (exact) mass is 327 g/mol. The maximum atomic E-state index is 11.9. The van der Waals surface area contributed by atoms with E-state index in [1.54, 1.807) is 31.4 Å². The summed E-state index contributed by atoms with van der Waals surface area (Å²) in [6, 6.07) is 8.53. The molecule has 0 spiro atoms. The molecule has 1 N–H and O–H groups in total. The van der Waals surface area contributed by atoms with Crippen molar-refractivity contribution >= 4 is 16.9 Å². The van der Waals surface area contributed by atoms with Crippen LogP contribution in [0, 0.1) is 13.8 Å². The Morgan fingerprint density at radius 3 is 2.83 bits per heavy atom. The van der Waals surface area contributed by atoms with E-state index in [9.17, 15) is 9.59 Å². The molecule has 3 aromatic rings. The SMILES string of the molecule is Cc1cc(OCC(=O)NCc2ccco2)c2c(C)cc(=O)oc2c1. The van der Waals surface area contributed by atoms with E-state index in [1.165, 1.54) is 6.07 Å². The van der Waals surface area contributed by atoms with E-state index in [1.807, 2.05) is 13.0 Å². The standard InChI is InChI=1S/C18H17NO5/c1-11-6-14(18-12(2)8-17(21)24-15(18)7-11)23-10-16(20)19-9-13-4-3-5-22-13/h3-8H,9-10H2,1-2H3,(H,19,20). The molecule has 0 atom stereocenters. The van der Waals surface area contributed by atoms with Crippen molar-refractivity contribution in [2.75, 3.05) is 6.61 Å². The number of aryl methyl sites for hydroxylation is 2. The highest BCUT2D eigenvalue weighted by Crippen LogP contribution is 2.29. The third-order valence-corrected chi connectivity index (χ3v) is 3.55. The smallest absolute Gasteiger partial charge is 0.336 e. The highest BCUT2D eigenvalue weighted by molar-refractivity contribution is 5.88. The van der Waals surface area contributed by atoms with Crippen LogP contribution in [-0.2, 0) is 11.3 Å². The Hall–Kier alpha value is -3.02. The van der Waals surface area contributed by atoms with Gasteiger partial charge in [0.05, 0.1) is 18.2 Å². The lowest BCUT2D eigenvalue weighted by atomic mass is 10.1. The zero-order chi connectivity index (χ0) is 17.1. The molecule has 2 heterocycles. The minimum Gasteiger partial charge on any atom is -0.483 e. The Balaban J connectivity index is 1.75. The molecule has 24 heavy (non-hydrogen) atoms. The topological polar surface area (TPSA) is 81.7 Å². The number of rotatable bonds is 5. The maximum Gasteiger partial charge on any atom is 0.336 e. The predicted octanol–water partition coefficient (Wildman–Crippen LogP) is 2.70. The highest BCUT2D eigenvalue weighted by atomic mass is 16.5. The number of carbonyl (C=O) groups excluding carboxylic acids is 1. The summed E-state index contributed by atoms with van der Waals surface area (Å²) in [6.45, 7) is 3.83. The Labute approximate surface area is 138 Å². The van der Waals surface area contributed by atoms with E-state index in [2.05, 4.69) is 5.32 Å². The molecule has 0 fully saturated rings. The van der Waals surface area contributed by atoms with Crippen molar-refractivity contribution in [1.82, 2.24) is 5.32 Å². The van der Waals surface area contributed by atoms with E-state index >= 15 is 0 Å². The Morgan fingerprint density at radius 2 is 2.08 bits per heavy atom. The molecule has 0 aliphatic heterocycles. The summed E-state index contributed by atoms with van der Waals surface area (Å²) < 4.78 is 16.0. The van der Waals surface area contributed by atoms with Crippen molar-refractivity contribution in [3.63, 3.8) is 0 Å². The molecule has 0 aliphatic carbocycles. The second-order valence-electron chi connectivity index (χ2n) is 5.53. The number of ether oxygens (including phenoxy) is 1. The summed E-state index contributed by atoms with van der Waals surface area (Å²) in [5, 5.41) is 3.40. The van der Waals surface area contributed by atoms with Crippen LogP contribution in [0.3, 0.4) is 0 Å². The van der Waals surface area contributed by atoms with Gasteiger partial charge in [0.2, 0.25) is 0 Å². The minimum absolute atomic E-state index is 0.141. The first-order valence-corrected chi connectivity index (χ1v) is 7.50. The zero-order valence-electron chi connectivity index (χ0n) is 13.4. The summed E-state index contributed by atoms with van der Waals surface area (Å²) in [5.74, 6) is 0.914. The van der Waals surface area contributed by atoms with Gasteiger partial charge < -0.3 is 18.9 Å². The summed E-state index contributed by atoms with van der Waals surface area (Å²) in [6.07, 6.45) is 1.55. The van der Waals surface area contributed by atoms with Gasteiger partial charge in [-0.3, -0.25) is 4.79 Å². The number of fused-ring (bicyclic) bond motifs is 1. The molecule has 0 saturated carbocycles. The van der Waals surface area contributed by atoms with Crippen LogP contribution in [0.5, 0.6) is 5.75 Å². The first kappa shape index (κ1) is 15.9. The number of furan rings is 1. The Kier molecular flexibility index (Phi) is 4.37. The van der Waals surface area contributed by atoms with Crippen molar-refractivity contribution in [2.24, 2.45) is 0 Å². The second-order valence-corrected chi connectivity index (χ2v) is 5.53. The van der Waals surface area contributed by atoms with Crippen LogP contribution in [-0.4, -0.2) is 12.5 Å². The van der Waals surface area contributed by atoms with Crippen LogP contribution in [0.15, 0.2) is 50.2 Å². The average Bonchev–Trinajstić information content (AvgIpc) is 3.03. The molecule has 6 nitrogen and oxygen atoms in total. The molecule has 6 heteroatoms. The molecule has 124 valence electrons. The normalized spacial score (nSPS) is 10.8. The first-order valence-electron chi connectivity index (χ1n) is 7.50. The molecule has 1 aromatic carbocycles. The van der Waals surface area contributed by atoms with E-state index in [4.69, 9.17) is 13.6 Å². The number of hydrogen-bond acceptors (Lipinski definition) is 5. The van der Waals surface area contributed by atoms with Crippen molar-refractivity contribution in [1.29, 1.82) is 0 Å². The van der Waals surface area contributed by atoms with Gasteiger partial charge in [0.1, 0.15) is 17.1 Å². The van der Waals surface area contributed by atoms with Crippen LogP contribution in [0.1, 0.15) is 16.9 Å². The fourth-order valence-corrected chi connectivity index (χ4v) is 2.48. The van der Waals surface area contributed by atoms with Crippen molar-refractivity contribution in [3.05, 3.63) is 63.9 Å². The molecule has 0 radical (unpaired) electrons. The number of amides is 1. The Bertz CT molecular complexity index is 924. The van der Waals surface area contributed by atoms with Gasteiger partial charge in [-0.2, -0.15) is 0 Å². The molecular formula is C18H17NO5. The van der Waals surface area contributed by atoms with Gasteiger partial charge >= 0.3 is 5.63 Å². The molecule has 2 aromatic heterocycles. The lowest BCUT2D eigenvalue weighted by Gasteiger charge is -2.11. The number of benzene rings is 1. The lowest BCUT2D eigenvalue weighted by molar-refractivity contribution is -0.123. The zero-order valence-corrected chi connectivity index (χ0v) is 13.4. The third-order valence-electron chi connectivity index (χ3n) is 3.55. The molecule has 0 unspecified atom stereocenters. The Morgan fingerprint density at radius 1 is 1.25 bits per heavy atom. The quantitative estimate of drug-likeness (QED) is 0.729. The number of carbonyl (C=O) groups is 1. The average molecular weight is 327 g/mol. The number of hydrogen-bond donors (Lipinski definition) is 1. The van der Waals surface area contributed by atoms with Crippen molar-refractivity contribution < 1.29 is 18.4 Å². The van der Waals surface area contributed by atoms with Crippen molar-refractivity contribution in [2.45, 2.75) is 20.4 Å². The van der Waals surface area contributed by atoms with E-state index < -0.39 is 5.63 Å².